The standard InChI is InChI=1S/C14H15N3O2/c1-16-5-4-9-6-11(2-3-12(9)16)17-8-10(14(15)19)7-13(17)18/h2-6,10H,7-8H2,1H3,(H2,15,19). The fourth-order valence-electron chi connectivity index (χ4n) is 2.58. The van der Waals surface area contributed by atoms with Crippen molar-refractivity contribution in [3.05, 3.63) is 30.5 Å². The van der Waals surface area contributed by atoms with Gasteiger partial charge < -0.3 is 15.2 Å². The van der Waals surface area contributed by atoms with E-state index in [9.17, 15) is 9.59 Å². The van der Waals surface area contributed by atoms with Crippen LogP contribution in [0.25, 0.3) is 10.9 Å². The van der Waals surface area contributed by atoms with Crippen LogP contribution in [-0.2, 0) is 16.6 Å². The summed E-state index contributed by atoms with van der Waals surface area (Å²) in [5, 5.41) is 1.08. The van der Waals surface area contributed by atoms with Crippen molar-refractivity contribution in [1.29, 1.82) is 0 Å². The minimum Gasteiger partial charge on any atom is -0.369 e. The van der Waals surface area contributed by atoms with Gasteiger partial charge in [0.25, 0.3) is 0 Å². The molecule has 0 bridgehead atoms. The van der Waals surface area contributed by atoms with E-state index in [1.165, 1.54) is 0 Å². The molecular weight excluding hydrogens is 242 g/mol. The summed E-state index contributed by atoms with van der Waals surface area (Å²) in [6.07, 6.45) is 2.19. The summed E-state index contributed by atoms with van der Waals surface area (Å²) >= 11 is 0. The van der Waals surface area contributed by atoms with Crippen LogP contribution in [0.2, 0.25) is 0 Å². The highest BCUT2D eigenvalue weighted by Crippen LogP contribution is 2.28. The first kappa shape index (κ1) is 11.8. The van der Waals surface area contributed by atoms with Gasteiger partial charge in [0, 0.05) is 42.8 Å². The number of hydrogen-bond donors (Lipinski definition) is 1. The lowest BCUT2D eigenvalue weighted by Crippen LogP contribution is -2.28. The Bertz CT molecular complexity index is 674. The van der Waals surface area contributed by atoms with Gasteiger partial charge in [-0.15, -0.1) is 0 Å². The first-order valence-electron chi connectivity index (χ1n) is 6.21. The van der Waals surface area contributed by atoms with Gasteiger partial charge in [0.15, 0.2) is 0 Å². The maximum Gasteiger partial charge on any atom is 0.227 e. The van der Waals surface area contributed by atoms with Crippen molar-refractivity contribution in [2.24, 2.45) is 18.7 Å². The molecule has 1 aromatic heterocycles. The average Bonchev–Trinajstić information content (AvgIpc) is 2.93. The molecule has 1 fully saturated rings. The number of carbonyl (C=O) groups excluding carboxylic acids is 2. The van der Waals surface area contributed by atoms with Crippen LogP contribution >= 0.6 is 0 Å². The molecule has 2 N–H and O–H groups in total. The lowest BCUT2D eigenvalue weighted by atomic mass is 10.1. The summed E-state index contributed by atoms with van der Waals surface area (Å²) in [5.74, 6) is -0.824. The predicted molar refractivity (Wildman–Crippen MR) is 72.6 cm³/mol. The van der Waals surface area contributed by atoms with Gasteiger partial charge in [-0.25, -0.2) is 0 Å². The number of carbonyl (C=O) groups is 2. The quantitative estimate of drug-likeness (QED) is 0.872. The molecule has 19 heavy (non-hydrogen) atoms. The third-order valence-corrected chi connectivity index (χ3v) is 3.71. The number of nitrogens with zero attached hydrogens (tertiary/aromatic N) is 2. The van der Waals surface area contributed by atoms with Gasteiger partial charge in [-0.1, -0.05) is 0 Å². The number of hydrogen-bond acceptors (Lipinski definition) is 2. The van der Waals surface area contributed by atoms with Crippen LogP contribution in [0.5, 0.6) is 0 Å². The summed E-state index contributed by atoms with van der Waals surface area (Å²) in [7, 11) is 1.98. The topological polar surface area (TPSA) is 68.3 Å². The molecule has 1 aliphatic heterocycles. The minimum atomic E-state index is -0.406. The molecule has 1 aliphatic rings. The molecule has 2 heterocycles. The zero-order valence-electron chi connectivity index (χ0n) is 10.7. The Labute approximate surface area is 110 Å². The first-order valence-corrected chi connectivity index (χ1v) is 6.21. The summed E-state index contributed by atoms with van der Waals surface area (Å²) in [6.45, 7) is 0.381. The molecule has 5 nitrogen and oxygen atoms in total. The fraction of sp³-hybridized carbons (Fsp3) is 0.286. The van der Waals surface area contributed by atoms with E-state index in [-0.39, 0.29) is 18.2 Å². The molecule has 0 aliphatic carbocycles. The minimum absolute atomic E-state index is 0.0425. The Hall–Kier alpha value is -2.30. The van der Waals surface area contributed by atoms with Crippen LogP contribution in [0, 0.1) is 5.92 Å². The van der Waals surface area contributed by atoms with E-state index in [2.05, 4.69) is 0 Å². The van der Waals surface area contributed by atoms with Gasteiger partial charge in [0.05, 0.1) is 5.92 Å². The highest BCUT2D eigenvalue weighted by atomic mass is 16.2. The smallest absolute Gasteiger partial charge is 0.227 e. The zero-order valence-corrected chi connectivity index (χ0v) is 10.7. The van der Waals surface area contributed by atoms with E-state index in [4.69, 9.17) is 5.73 Å². The molecule has 5 heteroatoms. The second-order valence-corrected chi connectivity index (χ2v) is 4.98. The Morgan fingerprint density at radius 1 is 1.37 bits per heavy atom. The molecule has 0 radical (unpaired) electrons. The molecule has 2 amide bonds. The largest absolute Gasteiger partial charge is 0.369 e. The van der Waals surface area contributed by atoms with Crippen LogP contribution in [0.1, 0.15) is 6.42 Å². The maximum absolute atomic E-state index is 11.9. The van der Waals surface area contributed by atoms with Crippen molar-refractivity contribution in [2.45, 2.75) is 6.42 Å². The van der Waals surface area contributed by atoms with E-state index in [1.54, 1.807) is 4.90 Å². The van der Waals surface area contributed by atoms with Gasteiger partial charge in [-0.2, -0.15) is 0 Å². The Kier molecular flexibility index (Phi) is 2.55. The molecule has 0 spiro atoms. The molecule has 3 rings (SSSR count). The number of primary amides is 1. The number of rotatable bonds is 2. The molecule has 98 valence electrons. The van der Waals surface area contributed by atoms with E-state index < -0.39 is 5.91 Å². The highest BCUT2D eigenvalue weighted by molar-refractivity contribution is 6.01. The second-order valence-electron chi connectivity index (χ2n) is 4.98. The molecule has 1 atom stereocenters. The van der Waals surface area contributed by atoms with Crippen LogP contribution in [0.15, 0.2) is 30.5 Å². The molecule has 0 saturated carbocycles. The predicted octanol–water partition coefficient (Wildman–Crippen LogP) is 1.02. The molecular formula is C14H15N3O2. The van der Waals surface area contributed by atoms with Crippen LogP contribution in [0.4, 0.5) is 5.69 Å². The summed E-state index contributed by atoms with van der Waals surface area (Å²) in [6, 6.07) is 7.86. The number of aryl methyl sites for hydroxylation is 1. The van der Waals surface area contributed by atoms with Gasteiger partial charge in [0.2, 0.25) is 11.8 Å². The monoisotopic (exact) mass is 257 g/mol. The Morgan fingerprint density at radius 3 is 2.84 bits per heavy atom. The van der Waals surface area contributed by atoms with E-state index in [0.29, 0.717) is 6.54 Å². The van der Waals surface area contributed by atoms with Gasteiger partial charge in [-0.3, -0.25) is 9.59 Å². The van der Waals surface area contributed by atoms with Crippen LogP contribution in [-0.4, -0.2) is 22.9 Å². The molecule has 1 aromatic carbocycles. The van der Waals surface area contributed by atoms with Crippen molar-refractivity contribution in [3.63, 3.8) is 0 Å². The van der Waals surface area contributed by atoms with E-state index >= 15 is 0 Å². The van der Waals surface area contributed by atoms with Crippen LogP contribution < -0.4 is 10.6 Å². The number of nitrogens with two attached hydrogens (primary N) is 1. The highest BCUT2D eigenvalue weighted by Gasteiger charge is 2.33. The van der Waals surface area contributed by atoms with Crippen molar-refractivity contribution < 1.29 is 9.59 Å². The van der Waals surface area contributed by atoms with Crippen molar-refractivity contribution in [2.75, 3.05) is 11.4 Å². The average molecular weight is 257 g/mol. The van der Waals surface area contributed by atoms with E-state index in [1.807, 2.05) is 42.1 Å². The lowest BCUT2D eigenvalue weighted by molar-refractivity contribution is -0.123. The van der Waals surface area contributed by atoms with Crippen molar-refractivity contribution in [1.82, 2.24) is 4.57 Å². The lowest BCUT2D eigenvalue weighted by Gasteiger charge is -2.16. The molecule has 2 aromatic rings. The third kappa shape index (κ3) is 1.87. The number of fused-ring (bicyclic) bond motifs is 1. The SMILES string of the molecule is Cn1ccc2cc(N3CC(C(N)=O)CC3=O)ccc21. The summed E-state index contributed by atoms with van der Waals surface area (Å²) < 4.78 is 2.02. The first-order chi connectivity index (χ1) is 9.06. The van der Waals surface area contributed by atoms with Crippen molar-refractivity contribution >= 4 is 28.4 Å². The second kappa shape index (κ2) is 4.12. The Balaban J connectivity index is 1.96. The fourth-order valence-corrected chi connectivity index (χ4v) is 2.58. The van der Waals surface area contributed by atoms with Crippen LogP contribution in [0.3, 0.4) is 0 Å². The summed E-state index contributed by atoms with van der Waals surface area (Å²) in [5.41, 5.74) is 7.21. The number of anilines is 1. The zero-order chi connectivity index (χ0) is 13.6. The number of amides is 2. The number of aromatic nitrogens is 1. The summed E-state index contributed by atoms with van der Waals surface area (Å²) in [4.78, 5) is 24.8. The van der Waals surface area contributed by atoms with E-state index in [0.717, 1.165) is 16.6 Å². The van der Waals surface area contributed by atoms with Gasteiger partial charge >= 0.3 is 0 Å². The molecule has 1 unspecified atom stereocenters. The molecule has 1 saturated heterocycles. The van der Waals surface area contributed by atoms with Crippen molar-refractivity contribution in [3.8, 4) is 0 Å². The van der Waals surface area contributed by atoms with Gasteiger partial charge in [0.1, 0.15) is 0 Å². The van der Waals surface area contributed by atoms with Gasteiger partial charge in [-0.05, 0) is 24.3 Å². The number of benzene rings is 1. The normalized spacial score (nSPS) is 19.3. The third-order valence-electron chi connectivity index (χ3n) is 3.71. The maximum atomic E-state index is 11.9. The Morgan fingerprint density at radius 2 is 2.16 bits per heavy atom.